The van der Waals surface area contributed by atoms with E-state index in [0.29, 0.717) is 22.7 Å². The Bertz CT molecular complexity index is 1940. The molecule has 0 bridgehead atoms. The molecule has 0 aliphatic heterocycles. The van der Waals surface area contributed by atoms with Crippen LogP contribution in [0.25, 0.3) is 16.6 Å². The summed E-state index contributed by atoms with van der Waals surface area (Å²) in [6, 6.07) is 15.2. The summed E-state index contributed by atoms with van der Waals surface area (Å²) in [4.78, 5) is 30.6. The van der Waals surface area contributed by atoms with E-state index in [0.717, 1.165) is 30.8 Å². The van der Waals surface area contributed by atoms with Gasteiger partial charge in [-0.3, -0.25) is 19.1 Å². The monoisotopic (exact) mass is 587 g/mol. The number of amides is 1. The molecule has 1 N–H and O–H groups in total. The van der Waals surface area contributed by atoms with Crippen molar-refractivity contribution in [2.45, 2.75) is 18.8 Å². The van der Waals surface area contributed by atoms with Crippen LogP contribution in [0.4, 0.5) is 18.9 Å². The third-order valence-corrected chi connectivity index (χ3v) is 7.12. The van der Waals surface area contributed by atoms with Crippen molar-refractivity contribution in [2.24, 2.45) is 0 Å². The second-order valence-corrected chi connectivity index (χ2v) is 9.92. The zero-order chi connectivity index (χ0) is 30.2. The van der Waals surface area contributed by atoms with Gasteiger partial charge in [0, 0.05) is 34.6 Å². The molecule has 5 aromatic rings. The third-order valence-electron chi connectivity index (χ3n) is 7.12. The molecular weight excluding hydrogens is 563 g/mol. The average Bonchev–Trinajstić information content (AvgIpc) is 3.85. The molecule has 0 atom stereocenters. The van der Waals surface area contributed by atoms with Crippen LogP contribution < -0.4 is 25.1 Å². The molecule has 6 rings (SSSR count). The zero-order valence-electron chi connectivity index (χ0n) is 23.0. The number of fused-ring (bicyclic) bond motifs is 1. The number of ether oxygens (including phenoxy) is 3. The maximum atomic E-state index is 15.2. The van der Waals surface area contributed by atoms with Crippen LogP contribution in [0.5, 0.6) is 23.0 Å². The fourth-order valence-electron chi connectivity index (χ4n) is 4.82. The van der Waals surface area contributed by atoms with Crippen LogP contribution in [0, 0.1) is 17.5 Å². The Labute approximate surface area is 243 Å². The summed E-state index contributed by atoms with van der Waals surface area (Å²) < 4.78 is 61.1. The molecular formula is C32H24F3N3O5. The molecule has 1 amide bonds. The van der Waals surface area contributed by atoms with Gasteiger partial charge in [-0.05, 0) is 73.4 Å². The van der Waals surface area contributed by atoms with E-state index in [9.17, 15) is 18.4 Å². The van der Waals surface area contributed by atoms with Crippen molar-refractivity contribution in [1.29, 1.82) is 0 Å². The van der Waals surface area contributed by atoms with Crippen LogP contribution in [-0.2, 0) is 0 Å². The summed E-state index contributed by atoms with van der Waals surface area (Å²) in [5, 5.41) is 2.75. The van der Waals surface area contributed by atoms with Crippen molar-refractivity contribution in [3.8, 4) is 28.7 Å². The molecule has 0 unspecified atom stereocenters. The standard InChI is InChI=1S/C32H24F3N3O5/c1-41-28-14-22-25(15-29(28)42-2)36-16-24(35)30(22)43-27-12-7-19(13-23(27)34)37-31(39)21-10-11-26(17-3-4-17)38(32(21)40)20-8-5-18(33)6-9-20/h5-17H,3-4H2,1-2H3,(H,37,39). The number of anilines is 1. The van der Waals surface area contributed by atoms with Crippen LogP contribution >= 0.6 is 0 Å². The first-order valence-electron chi connectivity index (χ1n) is 13.3. The Balaban J connectivity index is 1.28. The van der Waals surface area contributed by atoms with Crippen LogP contribution in [0.3, 0.4) is 0 Å². The van der Waals surface area contributed by atoms with Gasteiger partial charge < -0.3 is 19.5 Å². The van der Waals surface area contributed by atoms with E-state index < -0.39 is 28.9 Å². The molecule has 43 heavy (non-hydrogen) atoms. The van der Waals surface area contributed by atoms with E-state index in [1.165, 1.54) is 73.4 Å². The number of hydrogen-bond donors (Lipinski definition) is 1. The number of benzene rings is 3. The molecule has 2 aromatic heterocycles. The van der Waals surface area contributed by atoms with Gasteiger partial charge in [0.15, 0.2) is 34.6 Å². The average molecular weight is 588 g/mol. The number of hydrogen-bond acceptors (Lipinski definition) is 6. The maximum absolute atomic E-state index is 15.2. The molecule has 1 aliphatic rings. The van der Waals surface area contributed by atoms with Gasteiger partial charge in [-0.25, -0.2) is 13.2 Å². The van der Waals surface area contributed by atoms with Crippen molar-refractivity contribution in [2.75, 3.05) is 19.5 Å². The van der Waals surface area contributed by atoms with Gasteiger partial charge in [-0.1, -0.05) is 0 Å². The molecule has 8 nitrogen and oxygen atoms in total. The highest BCUT2D eigenvalue weighted by Gasteiger charge is 2.29. The quantitative estimate of drug-likeness (QED) is 0.216. The number of halogens is 3. The van der Waals surface area contributed by atoms with Crippen LogP contribution in [0.1, 0.15) is 34.8 Å². The van der Waals surface area contributed by atoms with Gasteiger partial charge in [0.1, 0.15) is 11.4 Å². The molecule has 2 heterocycles. The number of rotatable bonds is 8. The largest absolute Gasteiger partial charge is 0.493 e. The molecule has 1 aliphatic carbocycles. The van der Waals surface area contributed by atoms with E-state index >= 15 is 4.39 Å². The summed E-state index contributed by atoms with van der Waals surface area (Å²) in [7, 11) is 2.87. The smallest absolute Gasteiger partial charge is 0.268 e. The summed E-state index contributed by atoms with van der Waals surface area (Å²) in [6.07, 6.45) is 2.75. The Morgan fingerprint density at radius 2 is 1.60 bits per heavy atom. The maximum Gasteiger partial charge on any atom is 0.268 e. The Morgan fingerprint density at radius 1 is 0.884 bits per heavy atom. The first-order chi connectivity index (χ1) is 20.8. The predicted molar refractivity (Wildman–Crippen MR) is 153 cm³/mol. The SMILES string of the molecule is COc1cc2ncc(F)c(Oc3ccc(NC(=O)c4ccc(C5CC5)n(-c5ccc(F)cc5)c4=O)cc3F)c2cc1OC. The number of carbonyl (C=O) groups excluding carboxylic acids is 1. The summed E-state index contributed by atoms with van der Waals surface area (Å²) >= 11 is 0. The topological polar surface area (TPSA) is 91.7 Å². The Hall–Kier alpha value is -5.32. The van der Waals surface area contributed by atoms with Gasteiger partial charge in [0.25, 0.3) is 11.5 Å². The van der Waals surface area contributed by atoms with Crippen molar-refractivity contribution >= 4 is 22.5 Å². The molecule has 1 saturated carbocycles. The fourth-order valence-corrected chi connectivity index (χ4v) is 4.82. The summed E-state index contributed by atoms with van der Waals surface area (Å²) in [6.45, 7) is 0. The van der Waals surface area contributed by atoms with Gasteiger partial charge in [-0.2, -0.15) is 0 Å². The molecule has 218 valence electrons. The second-order valence-electron chi connectivity index (χ2n) is 9.92. The normalized spacial score (nSPS) is 12.7. The number of nitrogens with one attached hydrogen (secondary N) is 1. The first kappa shape index (κ1) is 27.8. The number of methoxy groups -OCH3 is 2. The minimum absolute atomic E-state index is 0.0420. The Kier molecular flexibility index (Phi) is 7.22. The molecule has 0 spiro atoms. The zero-order valence-corrected chi connectivity index (χ0v) is 23.0. The number of carbonyl (C=O) groups is 1. The molecule has 11 heteroatoms. The first-order valence-corrected chi connectivity index (χ1v) is 13.3. The van der Waals surface area contributed by atoms with Crippen molar-refractivity contribution in [3.63, 3.8) is 0 Å². The lowest BCUT2D eigenvalue weighted by molar-refractivity contribution is 0.102. The van der Waals surface area contributed by atoms with E-state index in [2.05, 4.69) is 10.3 Å². The van der Waals surface area contributed by atoms with Gasteiger partial charge in [-0.15, -0.1) is 0 Å². The lowest BCUT2D eigenvalue weighted by Gasteiger charge is -2.15. The fraction of sp³-hybridized carbons (Fsp3) is 0.156. The lowest BCUT2D eigenvalue weighted by atomic mass is 10.1. The minimum Gasteiger partial charge on any atom is -0.493 e. The molecule has 0 radical (unpaired) electrons. The van der Waals surface area contributed by atoms with E-state index in [4.69, 9.17) is 14.2 Å². The van der Waals surface area contributed by atoms with Crippen LogP contribution in [0.15, 0.2) is 77.7 Å². The highest BCUT2D eigenvalue weighted by molar-refractivity contribution is 6.04. The predicted octanol–water partition coefficient (Wildman–Crippen LogP) is 6.74. The van der Waals surface area contributed by atoms with E-state index in [1.807, 2.05) is 0 Å². The molecule has 1 fully saturated rings. The highest BCUT2D eigenvalue weighted by Crippen LogP contribution is 2.41. The summed E-state index contributed by atoms with van der Waals surface area (Å²) in [5.41, 5.74) is 0.776. The minimum atomic E-state index is -0.893. The van der Waals surface area contributed by atoms with E-state index in [-0.39, 0.29) is 34.1 Å². The van der Waals surface area contributed by atoms with Crippen molar-refractivity contribution in [3.05, 3.63) is 112 Å². The van der Waals surface area contributed by atoms with Gasteiger partial charge >= 0.3 is 0 Å². The van der Waals surface area contributed by atoms with Gasteiger partial charge in [0.05, 0.1) is 25.9 Å². The third kappa shape index (κ3) is 5.36. The number of aromatic nitrogens is 2. The Morgan fingerprint density at radius 3 is 2.28 bits per heavy atom. The van der Waals surface area contributed by atoms with E-state index in [1.54, 1.807) is 6.07 Å². The van der Waals surface area contributed by atoms with Gasteiger partial charge in [0.2, 0.25) is 0 Å². The van der Waals surface area contributed by atoms with Crippen molar-refractivity contribution in [1.82, 2.24) is 9.55 Å². The lowest BCUT2D eigenvalue weighted by Crippen LogP contribution is -2.30. The second kappa shape index (κ2) is 11.2. The highest BCUT2D eigenvalue weighted by atomic mass is 19.1. The number of pyridine rings is 2. The van der Waals surface area contributed by atoms with Crippen molar-refractivity contribution < 1.29 is 32.2 Å². The van der Waals surface area contributed by atoms with Crippen LogP contribution in [0.2, 0.25) is 0 Å². The van der Waals surface area contributed by atoms with Crippen LogP contribution in [-0.4, -0.2) is 29.7 Å². The molecule has 3 aromatic carbocycles. The number of nitrogens with zero attached hydrogens (tertiary/aromatic N) is 2. The molecule has 0 saturated heterocycles. The summed E-state index contributed by atoms with van der Waals surface area (Å²) in [5.74, 6) is -2.69.